The zero-order valence-electron chi connectivity index (χ0n) is 12.6. The van der Waals surface area contributed by atoms with Crippen molar-refractivity contribution in [2.24, 2.45) is 5.92 Å². The molecule has 2 aliphatic rings. The van der Waals surface area contributed by atoms with Crippen LogP contribution in [0.3, 0.4) is 0 Å². The number of carbonyl (C=O) groups excluding carboxylic acids is 1. The van der Waals surface area contributed by atoms with Crippen LogP contribution >= 0.6 is 0 Å². The van der Waals surface area contributed by atoms with E-state index in [1.165, 1.54) is 43.2 Å². The van der Waals surface area contributed by atoms with Crippen molar-refractivity contribution in [1.29, 1.82) is 0 Å². The van der Waals surface area contributed by atoms with Crippen LogP contribution in [0.1, 0.15) is 79.3 Å². The highest BCUT2D eigenvalue weighted by Crippen LogP contribution is 2.39. The van der Waals surface area contributed by atoms with Gasteiger partial charge in [-0.15, -0.1) is 0 Å². The lowest BCUT2D eigenvalue weighted by atomic mass is 9.74. The second kappa shape index (κ2) is 5.59. The van der Waals surface area contributed by atoms with Crippen LogP contribution in [0.15, 0.2) is 18.2 Å². The highest BCUT2D eigenvalue weighted by Gasteiger charge is 2.32. The zero-order chi connectivity index (χ0) is 14.1. The highest BCUT2D eigenvalue weighted by atomic mass is 16.1. The minimum Gasteiger partial charge on any atom is -0.351 e. The van der Waals surface area contributed by atoms with E-state index in [1.54, 1.807) is 0 Å². The van der Waals surface area contributed by atoms with Crippen LogP contribution in [-0.2, 0) is 0 Å². The Morgan fingerprint density at radius 3 is 2.60 bits per heavy atom. The number of rotatable bonds is 2. The third-order valence-corrected chi connectivity index (χ3v) is 5.09. The standard InChI is InChI=1S/C18H25NO/c1-12(2)14-8-9-15-16(10-14)18(20)19-11-17(15)13-6-4-3-5-7-13/h8-10,12-13,17H,3-7,11H2,1-2H3,(H,19,20). The van der Waals surface area contributed by atoms with Crippen molar-refractivity contribution in [3.8, 4) is 0 Å². The first-order valence-electron chi connectivity index (χ1n) is 8.09. The molecule has 0 aromatic heterocycles. The molecule has 1 aliphatic carbocycles. The van der Waals surface area contributed by atoms with Crippen molar-refractivity contribution >= 4 is 5.91 Å². The zero-order valence-corrected chi connectivity index (χ0v) is 12.6. The van der Waals surface area contributed by atoms with Crippen molar-refractivity contribution < 1.29 is 4.79 Å². The fourth-order valence-corrected chi connectivity index (χ4v) is 3.82. The molecule has 0 saturated heterocycles. The molecule has 3 rings (SSSR count). The summed E-state index contributed by atoms with van der Waals surface area (Å²) in [6.07, 6.45) is 6.75. The SMILES string of the molecule is CC(C)c1ccc2c(c1)C(=O)NCC2C1CCCCC1. The molecule has 1 unspecified atom stereocenters. The smallest absolute Gasteiger partial charge is 0.251 e. The van der Waals surface area contributed by atoms with Gasteiger partial charge in [0.15, 0.2) is 0 Å². The van der Waals surface area contributed by atoms with Gasteiger partial charge in [-0.3, -0.25) is 4.79 Å². The van der Waals surface area contributed by atoms with Crippen molar-refractivity contribution in [3.63, 3.8) is 0 Å². The van der Waals surface area contributed by atoms with Gasteiger partial charge < -0.3 is 5.32 Å². The lowest BCUT2D eigenvalue weighted by Gasteiger charge is -2.35. The summed E-state index contributed by atoms with van der Waals surface area (Å²) in [6.45, 7) is 5.19. The van der Waals surface area contributed by atoms with Crippen LogP contribution in [-0.4, -0.2) is 12.5 Å². The fraction of sp³-hybridized carbons (Fsp3) is 0.611. The summed E-state index contributed by atoms with van der Waals surface area (Å²) in [5.41, 5.74) is 3.49. The number of hydrogen-bond donors (Lipinski definition) is 1. The number of nitrogens with one attached hydrogen (secondary N) is 1. The quantitative estimate of drug-likeness (QED) is 0.857. The van der Waals surface area contributed by atoms with Crippen molar-refractivity contribution in [2.45, 2.75) is 57.8 Å². The van der Waals surface area contributed by atoms with E-state index in [1.807, 2.05) is 0 Å². The van der Waals surface area contributed by atoms with Gasteiger partial charge in [0.25, 0.3) is 5.91 Å². The first-order valence-corrected chi connectivity index (χ1v) is 8.09. The molecule has 20 heavy (non-hydrogen) atoms. The number of amides is 1. The van der Waals surface area contributed by atoms with Gasteiger partial charge in [-0.2, -0.15) is 0 Å². The predicted octanol–water partition coefficient (Wildman–Crippen LogP) is 4.22. The molecule has 0 spiro atoms. The summed E-state index contributed by atoms with van der Waals surface area (Å²) in [6, 6.07) is 6.56. The Bertz CT molecular complexity index is 500. The molecule has 1 heterocycles. The van der Waals surface area contributed by atoms with Crippen molar-refractivity contribution in [1.82, 2.24) is 5.32 Å². The second-order valence-corrected chi connectivity index (χ2v) is 6.72. The number of fused-ring (bicyclic) bond motifs is 1. The highest BCUT2D eigenvalue weighted by molar-refractivity contribution is 5.97. The summed E-state index contributed by atoms with van der Waals surface area (Å²) in [7, 11) is 0. The summed E-state index contributed by atoms with van der Waals surface area (Å²) in [4.78, 5) is 12.2. The van der Waals surface area contributed by atoms with E-state index in [0.29, 0.717) is 11.8 Å². The third kappa shape index (κ3) is 2.48. The molecule has 2 nitrogen and oxygen atoms in total. The van der Waals surface area contributed by atoms with E-state index in [9.17, 15) is 4.79 Å². The molecule has 1 aromatic carbocycles. The fourth-order valence-electron chi connectivity index (χ4n) is 3.82. The molecular formula is C18H25NO. The van der Waals surface area contributed by atoms with Crippen LogP contribution in [0.5, 0.6) is 0 Å². The average molecular weight is 271 g/mol. The first kappa shape index (κ1) is 13.7. The molecule has 1 aliphatic heterocycles. The molecule has 0 radical (unpaired) electrons. The van der Waals surface area contributed by atoms with Gasteiger partial charge in [0, 0.05) is 18.0 Å². The molecular weight excluding hydrogens is 246 g/mol. The Kier molecular flexibility index (Phi) is 3.82. The van der Waals surface area contributed by atoms with E-state index in [2.05, 4.69) is 37.4 Å². The Morgan fingerprint density at radius 2 is 1.90 bits per heavy atom. The van der Waals surface area contributed by atoms with Gasteiger partial charge in [0.2, 0.25) is 0 Å². The van der Waals surface area contributed by atoms with E-state index in [-0.39, 0.29) is 5.91 Å². The maximum Gasteiger partial charge on any atom is 0.251 e. The van der Waals surface area contributed by atoms with Crippen LogP contribution in [0.4, 0.5) is 0 Å². The maximum absolute atomic E-state index is 12.2. The van der Waals surface area contributed by atoms with E-state index in [4.69, 9.17) is 0 Å². The van der Waals surface area contributed by atoms with E-state index >= 15 is 0 Å². The molecule has 1 N–H and O–H groups in total. The first-order chi connectivity index (χ1) is 9.66. The lowest BCUT2D eigenvalue weighted by molar-refractivity contribution is 0.0931. The molecule has 1 atom stereocenters. The summed E-state index contributed by atoms with van der Waals surface area (Å²) >= 11 is 0. The molecule has 1 saturated carbocycles. The molecule has 1 aromatic rings. The Balaban J connectivity index is 1.94. The van der Waals surface area contributed by atoms with Crippen LogP contribution < -0.4 is 5.32 Å². The molecule has 108 valence electrons. The third-order valence-electron chi connectivity index (χ3n) is 5.09. The van der Waals surface area contributed by atoms with Crippen LogP contribution in [0.25, 0.3) is 0 Å². The lowest BCUT2D eigenvalue weighted by Crippen LogP contribution is -2.38. The summed E-state index contributed by atoms with van der Waals surface area (Å²) < 4.78 is 0. The second-order valence-electron chi connectivity index (χ2n) is 6.72. The van der Waals surface area contributed by atoms with E-state index in [0.717, 1.165) is 18.0 Å². The van der Waals surface area contributed by atoms with Gasteiger partial charge in [-0.1, -0.05) is 45.2 Å². The maximum atomic E-state index is 12.2. The minimum atomic E-state index is 0.120. The molecule has 1 amide bonds. The Morgan fingerprint density at radius 1 is 1.15 bits per heavy atom. The normalized spacial score (nSPS) is 23.6. The monoisotopic (exact) mass is 271 g/mol. The number of hydrogen-bond acceptors (Lipinski definition) is 1. The molecule has 1 fully saturated rings. The minimum absolute atomic E-state index is 0.120. The number of carbonyl (C=O) groups is 1. The Hall–Kier alpha value is -1.31. The number of benzene rings is 1. The van der Waals surface area contributed by atoms with Gasteiger partial charge in [-0.05, 0) is 41.9 Å². The molecule has 0 bridgehead atoms. The average Bonchev–Trinajstić information content (AvgIpc) is 2.48. The van der Waals surface area contributed by atoms with E-state index < -0.39 is 0 Å². The van der Waals surface area contributed by atoms with Gasteiger partial charge in [0.05, 0.1) is 0 Å². The van der Waals surface area contributed by atoms with Gasteiger partial charge in [0.1, 0.15) is 0 Å². The summed E-state index contributed by atoms with van der Waals surface area (Å²) in [5.74, 6) is 1.88. The van der Waals surface area contributed by atoms with Crippen LogP contribution in [0.2, 0.25) is 0 Å². The van der Waals surface area contributed by atoms with Crippen LogP contribution in [0, 0.1) is 5.92 Å². The predicted molar refractivity (Wildman–Crippen MR) is 82.2 cm³/mol. The molecule has 2 heteroatoms. The van der Waals surface area contributed by atoms with Crippen molar-refractivity contribution in [3.05, 3.63) is 34.9 Å². The van der Waals surface area contributed by atoms with Gasteiger partial charge >= 0.3 is 0 Å². The largest absolute Gasteiger partial charge is 0.351 e. The topological polar surface area (TPSA) is 29.1 Å². The van der Waals surface area contributed by atoms with Crippen molar-refractivity contribution in [2.75, 3.05) is 6.54 Å². The summed E-state index contributed by atoms with van der Waals surface area (Å²) in [5, 5.41) is 3.11. The van der Waals surface area contributed by atoms with Gasteiger partial charge in [-0.25, -0.2) is 0 Å². The Labute approximate surface area is 122 Å².